The summed E-state index contributed by atoms with van der Waals surface area (Å²) in [5, 5.41) is 10.5. The second kappa shape index (κ2) is 6.25. The molecule has 2 heterocycles. The molecule has 0 saturated heterocycles. The van der Waals surface area contributed by atoms with Crippen molar-refractivity contribution in [3.8, 4) is 0 Å². The maximum absolute atomic E-state index is 12.6. The minimum absolute atomic E-state index is 0.00917. The van der Waals surface area contributed by atoms with Crippen LogP contribution in [-0.4, -0.2) is 28.7 Å². The molecule has 0 fully saturated rings. The predicted molar refractivity (Wildman–Crippen MR) is 104 cm³/mol. The zero-order chi connectivity index (χ0) is 18.3. The number of benzene rings is 1. The Morgan fingerprint density at radius 1 is 1.42 bits per heavy atom. The second-order valence-corrected chi connectivity index (χ2v) is 7.93. The summed E-state index contributed by atoms with van der Waals surface area (Å²) in [6, 6.07) is 5.73. The number of oxime groups is 1. The van der Waals surface area contributed by atoms with Crippen LogP contribution in [0.4, 0.5) is 5.13 Å². The largest absolute Gasteiger partial charge is 0.399 e. The van der Waals surface area contributed by atoms with Crippen molar-refractivity contribution in [3.05, 3.63) is 46.6 Å². The molecule has 1 aliphatic carbocycles. The number of thiazole rings is 1. The number of nitrogens with zero attached hydrogens (tertiary/aromatic N) is 2. The van der Waals surface area contributed by atoms with Gasteiger partial charge in [0.25, 0.3) is 5.91 Å². The molecule has 0 spiro atoms. The smallest absolute Gasteiger partial charge is 0.257 e. The molecular weight excluding hydrogens is 348 g/mol. The van der Waals surface area contributed by atoms with Crippen LogP contribution in [0.15, 0.2) is 34.9 Å². The Kier molecular flexibility index (Phi) is 4.03. The van der Waals surface area contributed by atoms with Gasteiger partial charge in [-0.25, -0.2) is 4.98 Å². The monoisotopic (exact) mass is 368 g/mol. The van der Waals surface area contributed by atoms with E-state index in [0.717, 1.165) is 35.2 Å². The first-order valence-corrected chi connectivity index (χ1v) is 9.35. The van der Waals surface area contributed by atoms with Gasteiger partial charge in [-0.05, 0) is 42.0 Å². The third-order valence-electron chi connectivity index (χ3n) is 4.87. The lowest BCUT2D eigenvalue weighted by atomic mass is 9.73. The van der Waals surface area contributed by atoms with Crippen LogP contribution in [0.1, 0.15) is 48.3 Å². The van der Waals surface area contributed by atoms with E-state index in [-0.39, 0.29) is 11.3 Å². The van der Waals surface area contributed by atoms with E-state index in [1.807, 2.05) is 23.6 Å². The predicted octanol–water partition coefficient (Wildman–Crippen LogP) is 4.30. The highest BCUT2D eigenvalue weighted by molar-refractivity contribution is 7.13. The van der Waals surface area contributed by atoms with Crippen molar-refractivity contribution in [2.24, 2.45) is 5.16 Å². The van der Waals surface area contributed by atoms with Crippen molar-refractivity contribution in [3.63, 3.8) is 0 Å². The van der Waals surface area contributed by atoms with E-state index in [1.54, 1.807) is 13.3 Å². The number of nitrogens with one attached hydrogen (secondary N) is 2. The van der Waals surface area contributed by atoms with Crippen LogP contribution in [0.5, 0.6) is 0 Å². The lowest BCUT2D eigenvalue weighted by Gasteiger charge is -2.30. The molecule has 1 aromatic carbocycles. The Balaban J connectivity index is 1.81. The molecule has 1 aliphatic rings. The molecule has 0 bridgehead atoms. The summed E-state index contributed by atoms with van der Waals surface area (Å²) in [5.74, 6) is -0.156. The van der Waals surface area contributed by atoms with Crippen LogP contribution >= 0.6 is 11.3 Å². The normalized spacial score (nSPS) is 17.3. The fraction of sp³-hybridized carbons (Fsp3) is 0.316. The molecule has 7 heteroatoms. The first kappa shape index (κ1) is 16.8. The number of amides is 1. The number of H-pyrrole nitrogens is 1. The molecule has 2 aromatic heterocycles. The molecule has 0 atom stereocenters. The van der Waals surface area contributed by atoms with Gasteiger partial charge in [0.1, 0.15) is 12.8 Å². The lowest BCUT2D eigenvalue weighted by molar-refractivity contribution is 0.102. The number of carbonyl (C=O) groups excluding carboxylic acids is 1. The van der Waals surface area contributed by atoms with Gasteiger partial charge >= 0.3 is 0 Å². The third-order valence-corrected chi connectivity index (χ3v) is 5.56. The van der Waals surface area contributed by atoms with E-state index in [9.17, 15) is 4.79 Å². The van der Waals surface area contributed by atoms with Crippen molar-refractivity contribution < 1.29 is 9.63 Å². The Morgan fingerprint density at radius 3 is 3.00 bits per heavy atom. The fourth-order valence-corrected chi connectivity index (χ4v) is 4.11. The topological polar surface area (TPSA) is 79.4 Å². The number of hydrogen-bond donors (Lipinski definition) is 2. The van der Waals surface area contributed by atoms with Crippen molar-refractivity contribution in [1.82, 2.24) is 9.97 Å². The molecule has 1 amide bonds. The fourth-order valence-electron chi connectivity index (χ4n) is 3.59. The van der Waals surface area contributed by atoms with Crippen LogP contribution in [0.2, 0.25) is 0 Å². The molecule has 3 aromatic rings. The Hall–Kier alpha value is -2.67. The number of aromatic amines is 1. The molecule has 2 N–H and O–H groups in total. The zero-order valence-corrected chi connectivity index (χ0v) is 15.7. The van der Waals surface area contributed by atoms with Gasteiger partial charge in [0.2, 0.25) is 0 Å². The third kappa shape index (κ3) is 2.78. The second-order valence-electron chi connectivity index (χ2n) is 7.03. The minimum atomic E-state index is -0.156. The molecule has 6 nitrogen and oxygen atoms in total. The highest BCUT2D eigenvalue weighted by atomic mass is 32.1. The van der Waals surface area contributed by atoms with Gasteiger partial charge in [0, 0.05) is 28.0 Å². The number of hydrogen-bond acceptors (Lipinski definition) is 5. The molecule has 0 unspecified atom stereocenters. The Labute approximate surface area is 155 Å². The van der Waals surface area contributed by atoms with E-state index in [2.05, 4.69) is 34.3 Å². The van der Waals surface area contributed by atoms with Crippen molar-refractivity contribution in [2.45, 2.75) is 32.1 Å². The highest BCUT2D eigenvalue weighted by Gasteiger charge is 2.34. The quantitative estimate of drug-likeness (QED) is 0.677. The van der Waals surface area contributed by atoms with E-state index in [0.29, 0.717) is 10.7 Å². The minimum Gasteiger partial charge on any atom is -0.399 e. The van der Waals surface area contributed by atoms with E-state index in [1.165, 1.54) is 16.9 Å². The summed E-state index contributed by atoms with van der Waals surface area (Å²) in [7, 11) is 1.57. The maximum Gasteiger partial charge on any atom is 0.257 e. The summed E-state index contributed by atoms with van der Waals surface area (Å²) < 4.78 is 0. The van der Waals surface area contributed by atoms with Crippen LogP contribution < -0.4 is 5.32 Å². The molecule has 0 radical (unpaired) electrons. The van der Waals surface area contributed by atoms with Gasteiger partial charge in [0.15, 0.2) is 5.13 Å². The maximum atomic E-state index is 12.6. The number of fused-ring (bicyclic) bond motifs is 3. The first-order valence-electron chi connectivity index (χ1n) is 8.47. The van der Waals surface area contributed by atoms with E-state index < -0.39 is 0 Å². The molecule has 0 aliphatic heterocycles. The van der Waals surface area contributed by atoms with Crippen molar-refractivity contribution >= 4 is 39.0 Å². The standard InChI is InChI=1S/C19H20N4O2S/c1-19(2)7-6-14(23-25-3)16-15(19)12-10-11(4-5-13(12)21-16)17(24)22-18-20-8-9-26-18/h4-5,8-10,21H,6-7H2,1-3H3,(H,20,22,24). The average molecular weight is 368 g/mol. The van der Waals surface area contributed by atoms with E-state index >= 15 is 0 Å². The highest BCUT2D eigenvalue weighted by Crippen LogP contribution is 2.41. The van der Waals surface area contributed by atoms with Gasteiger partial charge in [-0.3, -0.25) is 10.1 Å². The lowest BCUT2D eigenvalue weighted by Crippen LogP contribution is -2.27. The SMILES string of the molecule is CON=C1CCC(C)(C)c2c1[nH]c1ccc(C(=O)Nc3nccs3)cc21. The Bertz CT molecular complexity index is 1000. The van der Waals surface area contributed by atoms with Crippen molar-refractivity contribution in [2.75, 3.05) is 12.4 Å². The van der Waals surface area contributed by atoms with Gasteiger partial charge in [-0.15, -0.1) is 11.3 Å². The first-order chi connectivity index (χ1) is 12.5. The van der Waals surface area contributed by atoms with Gasteiger partial charge in [-0.2, -0.15) is 0 Å². The number of anilines is 1. The summed E-state index contributed by atoms with van der Waals surface area (Å²) in [6.07, 6.45) is 3.51. The van der Waals surface area contributed by atoms with Gasteiger partial charge in [0.05, 0.1) is 5.69 Å². The number of rotatable bonds is 3. The summed E-state index contributed by atoms with van der Waals surface area (Å²) >= 11 is 1.40. The Morgan fingerprint density at radius 2 is 2.27 bits per heavy atom. The molecule has 26 heavy (non-hydrogen) atoms. The molecular formula is C19H20N4O2S. The molecule has 4 rings (SSSR count). The van der Waals surface area contributed by atoms with Crippen LogP contribution in [0.3, 0.4) is 0 Å². The van der Waals surface area contributed by atoms with E-state index in [4.69, 9.17) is 4.84 Å². The molecule has 134 valence electrons. The van der Waals surface area contributed by atoms with Gasteiger partial charge < -0.3 is 9.82 Å². The summed E-state index contributed by atoms with van der Waals surface area (Å²) in [4.78, 5) is 25.2. The van der Waals surface area contributed by atoms with Gasteiger partial charge in [-0.1, -0.05) is 19.0 Å². The van der Waals surface area contributed by atoms with Crippen LogP contribution in [-0.2, 0) is 10.3 Å². The van der Waals surface area contributed by atoms with Crippen LogP contribution in [0, 0.1) is 0 Å². The zero-order valence-electron chi connectivity index (χ0n) is 14.9. The summed E-state index contributed by atoms with van der Waals surface area (Å²) in [5.41, 5.74) is 4.73. The number of aromatic nitrogens is 2. The summed E-state index contributed by atoms with van der Waals surface area (Å²) in [6.45, 7) is 4.45. The number of carbonyl (C=O) groups is 1. The average Bonchev–Trinajstić information content (AvgIpc) is 3.24. The van der Waals surface area contributed by atoms with Crippen molar-refractivity contribution in [1.29, 1.82) is 0 Å². The molecule has 0 saturated carbocycles. The van der Waals surface area contributed by atoms with Crippen LogP contribution in [0.25, 0.3) is 10.9 Å².